The minimum atomic E-state index is -4.56. The first kappa shape index (κ1) is 13.8. The maximum absolute atomic E-state index is 12.6. The Hall–Kier alpha value is -1.27. The number of carbonyl (C=O) groups excluding carboxylic acids is 1. The van der Waals surface area contributed by atoms with Crippen LogP contribution in [0.1, 0.15) is 5.56 Å². The SMILES string of the molecule is CNCC(=O)Nc1ccc(Cl)cc1C(F)(F)F. The maximum Gasteiger partial charge on any atom is 0.418 e. The third-order valence-corrected chi connectivity index (χ3v) is 2.13. The van der Waals surface area contributed by atoms with Crippen LogP contribution in [0.4, 0.5) is 18.9 Å². The van der Waals surface area contributed by atoms with Crippen molar-refractivity contribution in [3.63, 3.8) is 0 Å². The van der Waals surface area contributed by atoms with Crippen molar-refractivity contribution in [3.05, 3.63) is 28.8 Å². The van der Waals surface area contributed by atoms with Crippen molar-refractivity contribution in [2.24, 2.45) is 0 Å². The van der Waals surface area contributed by atoms with Crippen molar-refractivity contribution in [1.82, 2.24) is 5.32 Å². The van der Waals surface area contributed by atoms with Crippen LogP contribution in [-0.2, 0) is 11.0 Å². The van der Waals surface area contributed by atoms with Crippen molar-refractivity contribution in [2.75, 3.05) is 18.9 Å². The van der Waals surface area contributed by atoms with Crippen molar-refractivity contribution >= 4 is 23.2 Å². The van der Waals surface area contributed by atoms with Gasteiger partial charge in [0.25, 0.3) is 0 Å². The second-order valence-corrected chi connectivity index (χ2v) is 3.70. The van der Waals surface area contributed by atoms with Gasteiger partial charge in [0.2, 0.25) is 5.91 Å². The first-order chi connectivity index (χ1) is 7.84. The summed E-state index contributed by atoms with van der Waals surface area (Å²) in [7, 11) is 1.52. The van der Waals surface area contributed by atoms with E-state index in [0.29, 0.717) is 0 Å². The zero-order valence-electron chi connectivity index (χ0n) is 8.86. The van der Waals surface area contributed by atoms with Gasteiger partial charge in [-0.25, -0.2) is 0 Å². The molecule has 0 atom stereocenters. The molecule has 1 rings (SSSR count). The van der Waals surface area contributed by atoms with Gasteiger partial charge in [-0.2, -0.15) is 13.2 Å². The van der Waals surface area contributed by atoms with Gasteiger partial charge in [0, 0.05) is 5.02 Å². The number of likely N-dealkylation sites (N-methyl/N-ethyl adjacent to an activating group) is 1. The van der Waals surface area contributed by atoms with Crippen LogP contribution in [0.5, 0.6) is 0 Å². The van der Waals surface area contributed by atoms with Gasteiger partial charge in [0.15, 0.2) is 0 Å². The van der Waals surface area contributed by atoms with E-state index in [-0.39, 0.29) is 17.3 Å². The molecule has 7 heteroatoms. The molecule has 1 aromatic rings. The van der Waals surface area contributed by atoms with E-state index in [1.54, 1.807) is 0 Å². The molecule has 0 saturated heterocycles. The van der Waals surface area contributed by atoms with E-state index in [1.165, 1.54) is 13.1 Å². The summed E-state index contributed by atoms with van der Waals surface area (Å²) < 4.78 is 37.9. The standard InChI is InChI=1S/C10H10ClF3N2O/c1-15-5-9(17)16-8-3-2-6(11)4-7(8)10(12,13)14/h2-4,15H,5H2,1H3,(H,16,17). The molecule has 0 unspecified atom stereocenters. The fourth-order valence-corrected chi connectivity index (χ4v) is 1.39. The van der Waals surface area contributed by atoms with E-state index < -0.39 is 17.6 Å². The highest BCUT2D eigenvalue weighted by Gasteiger charge is 2.34. The Kier molecular flexibility index (Phi) is 4.36. The van der Waals surface area contributed by atoms with Gasteiger partial charge in [-0.3, -0.25) is 4.79 Å². The highest BCUT2D eigenvalue weighted by Crippen LogP contribution is 2.36. The molecule has 0 fully saturated rings. The molecule has 3 nitrogen and oxygen atoms in total. The number of hydrogen-bond donors (Lipinski definition) is 2. The molecule has 0 aliphatic carbocycles. The van der Waals surface area contributed by atoms with E-state index in [9.17, 15) is 18.0 Å². The number of nitrogens with one attached hydrogen (secondary N) is 2. The Labute approximate surface area is 101 Å². The van der Waals surface area contributed by atoms with Crippen molar-refractivity contribution in [3.8, 4) is 0 Å². The highest BCUT2D eigenvalue weighted by atomic mass is 35.5. The highest BCUT2D eigenvalue weighted by molar-refractivity contribution is 6.30. The molecule has 94 valence electrons. The van der Waals surface area contributed by atoms with Crippen LogP contribution < -0.4 is 10.6 Å². The molecule has 1 aromatic carbocycles. The number of anilines is 1. The normalized spacial score (nSPS) is 11.4. The Balaban J connectivity index is 3.03. The molecule has 0 saturated carbocycles. The third-order valence-electron chi connectivity index (χ3n) is 1.90. The Morgan fingerprint density at radius 2 is 2.06 bits per heavy atom. The van der Waals surface area contributed by atoms with Crippen LogP contribution in [0.2, 0.25) is 5.02 Å². The molecule has 0 radical (unpaired) electrons. The van der Waals surface area contributed by atoms with Gasteiger partial charge in [-0.05, 0) is 25.2 Å². The summed E-state index contributed by atoms with van der Waals surface area (Å²) in [5.74, 6) is -0.555. The van der Waals surface area contributed by atoms with Gasteiger partial charge in [0.1, 0.15) is 0 Å². The molecule has 17 heavy (non-hydrogen) atoms. The smallest absolute Gasteiger partial charge is 0.324 e. The zero-order chi connectivity index (χ0) is 13.1. The van der Waals surface area contributed by atoms with E-state index in [0.717, 1.165) is 12.1 Å². The Bertz CT molecular complexity index is 421. The largest absolute Gasteiger partial charge is 0.418 e. The van der Waals surface area contributed by atoms with Gasteiger partial charge >= 0.3 is 6.18 Å². The fourth-order valence-electron chi connectivity index (χ4n) is 1.21. The lowest BCUT2D eigenvalue weighted by Gasteiger charge is -2.14. The Morgan fingerprint density at radius 1 is 1.41 bits per heavy atom. The summed E-state index contributed by atoms with van der Waals surface area (Å²) >= 11 is 5.50. The molecule has 1 amide bonds. The summed E-state index contributed by atoms with van der Waals surface area (Å²) in [5.41, 5.74) is -1.27. The van der Waals surface area contributed by atoms with Gasteiger partial charge < -0.3 is 10.6 Å². The Morgan fingerprint density at radius 3 is 2.59 bits per heavy atom. The maximum atomic E-state index is 12.6. The summed E-state index contributed by atoms with van der Waals surface area (Å²) in [6.45, 7) is -0.0695. The van der Waals surface area contributed by atoms with Crippen molar-refractivity contribution in [1.29, 1.82) is 0 Å². The first-order valence-corrected chi connectivity index (χ1v) is 5.03. The second kappa shape index (κ2) is 5.37. The summed E-state index contributed by atoms with van der Waals surface area (Å²) in [6.07, 6.45) is -4.56. The summed E-state index contributed by atoms with van der Waals surface area (Å²) in [6, 6.07) is 3.18. The number of carbonyl (C=O) groups is 1. The number of amides is 1. The first-order valence-electron chi connectivity index (χ1n) is 4.66. The van der Waals surface area contributed by atoms with Crippen molar-refractivity contribution in [2.45, 2.75) is 6.18 Å². The van der Waals surface area contributed by atoms with E-state index in [1.807, 2.05) is 0 Å². The average molecular weight is 267 g/mol. The molecule has 0 heterocycles. The molecular weight excluding hydrogens is 257 g/mol. The van der Waals surface area contributed by atoms with Crippen LogP contribution in [0.3, 0.4) is 0 Å². The molecule has 2 N–H and O–H groups in total. The molecule has 0 aromatic heterocycles. The lowest BCUT2D eigenvalue weighted by Crippen LogP contribution is -2.26. The topological polar surface area (TPSA) is 41.1 Å². The van der Waals surface area contributed by atoms with E-state index in [2.05, 4.69) is 10.6 Å². The third kappa shape index (κ3) is 3.90. The lowest BCUT2D eigenvalue weighted by atomic mass is 10.1. The number of benzene rings is 1. The predicted molar refractivity (Wildman–Crippen MR) is 59.0 cm³/mol. The molecule has 0 spiro atoms. The van der Waals surface area contributed by atoms with Crippen LogP contribution in [0.25, 0.3) is 0 Å². The van der Waals surface area contributed by atoms with E-state index >= 15 is 0 Å². The quantitative estimate of drug-likeness (QED) is 0.883. The number of halogens is 4. The van der Waals surface area contributed by atoms with Crippen LogP contribution >= 0.6 is 11.6 Å². The molecule has 0 bridgehead atoms. The summed E-state index contributed by atoms with van der Waals surface area (Å²) in [4.78, 5) is 11.2. The minimum absolute atomic E-state index is 0.0380. The number of alkyl halides is 3. The van der Waals surface area contributed by atoms with E-state index in [4.69, 9.17) is 11.6 Å². The summed E-state index contributed by atoms with van der Waals surface area (Å²) in [5, 5.41) is 4.67. The van der Waals surface area contributed by atoms with Gasteiger partial charge in [0.05, 0.1) is 17.8 Å². The van der Waals surface area contributed by atoms with Crippen molar-refractivity contribution < 1.29 is 18.0 Å². The monoisotopic (exact) mass is 266 g/mol. The molecular formula is C10H10ClF3N2O. The van der Waals surface area contributed by atoms with Crippen LogP contribution in [0.15, 0.2) is 18.2 Å². The minimum Gasteiger partial charge on any atom is -0.324 e. The molecule has 0 aliphatic rings. The fraction of sp³-hybridized carbons (Fsp3) is 0.300. The lowest BCUT2D eigenvalue weighted by molar-refractivity contribution is -0.137. The zero-order valence-corrected chi connectivity index (χ0v) is 9.62. The predicted octanol–water partition coefficient (Wildman–Crippen LogP) is 2.52. The average Bonchev–Trinajstić information content (AvgIpc) is 2.19. The molecule has 0 aliphatic heterocycles. The van der Waals surface area contributed by atoms with Crippen LogP contribution in [-0.4, -0.2) is 19.5 Å². The van der Waals surface area contributed by atoms with Gasteiger partial charge in [-0.1, -0.05) is 11.6 Å². The number of hydrogen-bond acceptors (Lipinski definition) is 2. The number of rotatable bonds is 3. The van der Waals surface area contributed by atoms with Crippen LogP contribution in [0, 0.1) is 0 Å². The second-order valence-electron chi connectivity index (χ2n) is 3.27. The van der Waals surface area contributed by atoms with Gasteiger partial charge in [-0.15, -0.1) is 0 Å².